The molecule has 0 aliphatic rings. The predicted octanol–water partition coefficient (Wildman–Crippen LogP) is 4.04. The molecule has 0 saturated heterocycles. The van der Waals surface area contributed by atoms with Gasteiger partial charge in [0.15, 0.2) is 0 Å². The summed E-state index contributed by atoms with van der Waals surface area (Å²) in [4.78, 5) is 20.5. The van der Waals surface area contributed by atoms with Crippen LogP contribution in [0.4, 0.5) is 31.8 Å². The molecular weight excluding hydrogens is 356 g/mol. The van der Waals surface area contributed by atoms with Gasteiger partial charge in [0.2, 0.25) is 11.6 Å². The lowest BCUT2D eigenvalue weighted by atomic mass is 10.2. The first-order chi connectivity index (χ1) is 13.0. The normalized spacial score (nSPS) is 10.5. The summed E-state index contributed by atoms with van der Waals surface area (Å²) >= 11 is 0. The molecule has 1 heterocycles. The third-order valence-corrected chi connectivity index (χ3v) is 3.79. The average molecular weight is 371 g/mol. The number of benzene rings is 2. The van der Waals surface area contributed by atoms with Gasteiger partial charge in [0, 0.05) is 19.7 Å². The van der Waals surface area contributed by atoms with Gasteiger partial charge in [-0.25, -0.2) is 18.7 Å². The van der Waals surface area contributed by atoms with Gasteiger partial charge in [0.25, 0.3) is 0 Å². The maximum absolute atomic E-state index is 13.9. The average Bonchev–Trinajstić information content (AvgIpc) is 2.64. The summed E-state index contributed by atoms with van der Waals surface area (Å²) in [5.74, 6) is -1.75. The Bertz CT molecular complexity index is 969. The second kappa shape index (κ2) is 7.73. The zero-order chi connectivity index (χ0) is 19.4. The second-order valence-electron chi connectivity index (χ2n) is 5.74. The minimum Gasteiger partial charge on any atom is -0.349 e. The molecule has 0 unspecified atom stereocenters. The van der Waals surface area contributed by atoms with Crippen LogP contribution in [-0.4, -0.2) is 21.9 Å². The Balaban J connectivity index is 1.96. The van der Waals surface area contributed by atoms with Crippen LogP contribution in [0.5, 0.6) is 0 Å². The zero-order valence-corrected chi connectivity index (χ0v) is 14.3. The van der Waals surface area contributed by atoms with Gasteiger partial charge in [0.05, 0.1) is 10.6 Å². The van der Waals surface area contributed by atoms with Gasteiger partial charge in [-0.1, -0.05) is 30.3 Å². The smallest absolute Gasteiger partial charge is 0.349 e. The molecule has 7 nitrogen and oxygen atoms in total. The highest BCUT2D eigenvalue weighted by molar-refractivity contribution is 5.74. The van der Waals surface area contributed by atoms with Crippen LogP contribution in [0.15, 0.2) is 54.9 Å². The fraction of sp³-hybridized carbons (Fsp3) is 0.111. The Hall–Kier alpha value is -3.62. The van der Waals surface area contributed by atoms with Gasteiger partial charge >= 0.3 is 5.69 Å². The van der Waals surface area contributed by atoms with E-state index in [1.165, 1.54) is 0 Å². The van der Waals surface area contributed by atoms with E-state index in [4.69, 9.17) is 0 Å². The molecule has 9 heteroatoms. The van der Waals surface area contributed by atoms with Crippen molar-refractivity contribution in [2.24, 2.45) is 0 Å². The van der Waals surface area contributed by atoms with Crippen molar-refractivity contribution in [2.45, 2.75) is 6.54 Å². The van der Waals surface area contributed by atoms with Crippen LogP contribution >= 0.6 is 0 Å². The summed E-state index contributed by atoms with van der Waals surface area (Å²) in [6.07, 6.45) is 1.15. The first-order valence-electron chi connectivity index (χ1n) is 7.92. The van der Waals surface area contributed by atoms with Gasteiger partial charge in [-0.2, -0.15) is 0 Å². The number of hydrogen-bond donors (Lipinski definition) is 1. The fourth-order valence-electron chi connectivity index (χ4n) is 2.56. The SMILES string of the molecule is CN(Cc1ccccc1)c1ncnc(Nc2ccc(F)cc2F)c1[N+](=O)[O-]. The van der Waals surface area contributed by atoms with Gasteiger partial charge in [0.1, 0.15) is 18.0 Å². The first-order valence-corrected chi connectivity index (χ1v) is 7.92. The molecular formula is C18H15F2N5O2. The van der Waals surface area contributed by atoms with Crippen LogP contribution in [0, 0.1) is 21.7 Å². The van der Waals surface area contributed by atoms with E-state index in [-0.39, 0.29) is 17.3 Å². The van der Waals surface area contributed by atoms with Crippen LogP contribution in [0.1, 0.15) is 5.56 Å². The topological polar surface area (TPSA) is 84.2 Å². The monoisotopic (exact) mass is 371 g/mol. The summed E-state index contributed by atoms with van der Waals surface area (Å²) in [5, 5.41) is 14.2. The van der Waals surface area contributed by atoms with Crippen molar-refractivity contribution in [1.29, 1.82) is 0 Å². The Morgan fingerprint density at radius 3 is 2.56 bits per heavy atom. The van der Waals surface area contributed by atoms with Crippen molar-refractivity contribution in [3.63, 3.8) is 0 Å². The first kappa shape index (κ1) is 18.2. The number of aromatic nitrogens is 2. The molecule has 0 fully saturated rings. The molecule has 0 saturated carbocycles. The third-order valence-electron chi connectivity index (χ3n) is 3.79. The lowest BCUT2D eigenvalue weighted by molar-refractivity contribution is -0.383. The van der Waals surface area contributed by atoms with E-state index in [1.807, 2.05) is 30.3 Å². The molecule has 1 aromatic heterocycles. The summed E-state index contributed by atoms with van der Waals surface area (Å²) in [6, 6.07) is 12.2. The second-order valence-corrected chi connectivity index (χ2v) is 5.74. The Morgan fingerprint density at radius 1 is 1.15 bits per heavy atom. The number of halogens is 2. The number of hydrogen-bond acceptors (Lipinski definition) is 6. The quantitative estimate of drug-likeness (QED) is 0.520. The van der Waals surface area contributed by atoms with E-state index in [0.717, 1.165) is 24.0 Å². The minimum atomic E-state index is -0.887. The lowest BCUT2D eigenvalue weighted by Crippen LogP contribution is -2.20. The molecule has 138 valence electrons. The van der Waals surface area contributed by atoms with Crippen molar-refractivity contribution in [3.8, 4) is 0 Å². The molecule has 0 aliphatic heterocycles. The number of nitro groups is 1. The molecule has 0 radical (unpaired) electrons. The van der Waals surface area contributed by atoms with Crippen molar-refractivity contribution in [1.82, 2.24) is 9.97 Å². The highest BCUT2D eigenvalue weighted by Crippen LogP contribution is 2.34. The highest BCUT2D eigenvalue weighted by atomic mass is 19.1. The number of nitrogens with zero attached hydrogens (tertiary/aromatic N) is 4. The fourth-order valence-corrected chi connectivity index (χ4v) is 2.56. The van der Waals surface area contributed by atoms with E-state index in [1.54, 1.807) is 11.9 Å². The molecule has 0 spiro atoms. The van der Waals surface area contributed by atoms with E-state index < -0.39 is 22.2 Å². The highest BCUT2D eigenvalue weighted by Gasteiger charge is 2.26. The molecule has 3 rings (SSSR count). The summed E-state index contributed by atoms with van der Waals surface area (Å²) in [7, 11) is 1.66. The summed E-state index contributed by atoms with van der Waals surface area (Å²) in [5.41, 5.74) is 0.404. The minimum absolute atomic E-state index is 0.0730. The Labute approximate surface area is 153 Å². The molecule has 27 heavy (non-hydrogen) atoms. The largest absolute Gasteiger partial charge is 0.353 e. The number of nitrogens with one attached hydrogen (secondary N) is 1. The van der Waals surface area contributed by atoms with Gasteiger partial charge in [-0.3, -0.25) is 10.1 Å². The molecule has 2 aromatic carbocycles. The molecule has 3 aromatic rings. The zero-order valence-electron chi connectivity index (χ0n) is 14.3. The molecule has 0 amide bonds. The maximum atomic E-state index is 13.9. The van der Waals surface area contributed by atoms with E-state index >= 15 is 0 Å². The molecule has 0 aliphatic carbocycles. The van der Waals surface area contributed by atoms with Crippen LogP contribution in [-0.2, 0) is 6.54 Å². The van der Waals surface area contributed by atoms with E-state index in [2.05, 4.69) is 15.3 Å². The van der Waals surface area contributed by atoms with Crippen molar-refractivity contribution < 1.29 is 13.7 Å². The summed E-state index contributed by atoms with van der Waals surface area (Å²) in [6.45, 7) is 0.378. The van der Waals surface area contributed by atoms with Gasteiger partial charge < -0.3 is 10.2 Å². The van der Waals surface area contributed by atoms with Crippen LogP contribution < -0.4 is 10.2 Å². The van der Waals surface area contributed by atoms with Crippen molar-refractivity contribution in [2.75, 3.05) is 17.3 Å². The maximum Gasteiger partial charge on any atom is 0.353 e. The molecule has 0 atom stereocenters. The van der Waals surface area contributed by atoms with Gasteiger partial charge in [-0.05, 0) is 17.7 Å². The Morgan fingerprint density at radius 2 is 1.89 bits per heavy atom. The van der Waals surface area contributed by atoms with Crippen molar-refractivity contribution in [3.05, 3.63) is 82.2 Å². The van der Waals surface area contributed by atoms with E-state index in [9.17, 15) is 18.9 Å². The number of rotatable bonds is 6. The third kappa shape index (κ3) is 4.14. The van der Waals surface area contributed by atoms with E-state index in [0.29, 0.717) is 12.6 Å². The van der Waals surface area contributed by atoms with Crippen LogP contribution in [0.2, 0.25) is 0 Å². The predicted molar refractivity (Wildman–Crippen MR) is 96.9 cm³/mol. The number of anilines is 3. The van der Waals surface area contributed by atoms with Crippen LogP contribution in [0.3, 0.4) is 0 Å². The van der Waals surface area contributed by atoms with Crippen LogP contribution in [0.25, 0.3) is 0 Å². The lowest BCUT2D eigenvalue weighted by Gasteiger charge is -2.19. The van der Waals surface area contributed by atoms with Gasteiger partial charge in [-0.15, -0.1) is 0 Å². The molecule has 0 bridgehead atoms. The molecule has 1 N–H and O–H groups in total. The Kier molecular flexibility index (Phi) is 5.20. The van der Waals surface area contributed by atoms with Crippen molar-refractivity contribution >= 4 is 23.0 Å². The standard InChI is InChI=1S/C18H15F2N5O2/c1-24(10-12-5-3-2-4-6-12)18-16(25(26)27)17(21-11-22-18)23-15-8-7-13(19)9-14(15)20/h2-9,11H,10H2,1H3,(H,21,22,23). The summed E-state index contributed by atoms with van der Waals surface area (Å²) < 4.78 is 27.0.